The Kier molecular flexibility index (Phi) is 6.83. The predicted octanol–water partition coefficient (Wildman–Crippen LogP) is 3.63. The smallest absolute Gasteiger partial charge is 0.123 e. The molecule has 0 bridgehead atoms. The minimum atomic E-state index is -0.216. The van der Waals surface area contributed by atoms with Crippen LogP contribution in [0.4, 0.5) is 4.39 Å². The largest absolute Gasteiger partial charge is 0.489 e. The number of hydrogen-bond donors (Lipinski definition) is 1. The summed E-state index contributed by atoms with van der Waals surface area (Å²) in [6.45, 7) is 6.25. The van der Waals surface area contributed by atoms with Crippen LogP contribution in [0.15, 0.2) is 48.5 Å². The summed E-state index contributed by atoms with van der Waals surface area (Å²) in [5.41, 5.74) is 2.29. The Balaban J connectivity index is 1.40. The standard InChI is InChI=1S/C21H27FN2O/c22-20-9-7-19(8-10-20)17-25-21-6-3-5-18(16-21)4-1-2-13-24-14-11-23-12-15-24/h3,5-10,16,23H,1-2,4,11-15,17H2. The lowest BCUT2D eigenvalue weighted by Crippen LogP contribution is -2.43. The fourth-order valence-electron chi connectivity index (χ4n) is 3.14. The van der Waals surface area contributed by atoms with E-state index in [-0.39, 0.29) is 5.82 Å². The van der Waals surface area contributed by atoms with Gasteiger partial charge in [-0.15, -0.1) is 0 Å². The molecule has 0 radical (unpaired) electrons. The molecule has 134 valence electrons. The van der Waals surface area contributed by atoms with Gasteiger partial charge in [0.25, 0.3) is 0 Å². The third-order valence-electron chi connectivity index (χ3n) is 4.62. The fraction of sp³-hybridized carbons (Fsp3) is 0.429. The summed E-state index contributed by atoms with van der Waals surface area (Å²) < 4.78 is 18.8. The monoisotopic (exact) mass is 342 g/mol. The van der Waals surface area contributed by atoms with Gasteiger partial charge in [-0.3, -0.25) is 0 Å². The van der Waals surface area contributed by atoms with E-state index in [1.54, 1.807) is 12.1 Å². The SMILES string of the molecule is Fc1ccc(COc2cccc(CCCCN3CCNCC3)c2)cc1. The van der Waals surface area contributed by atoms with Gasteiger partial charge in [0, 0.05) is 26.2 Å². The molecular weight excluding hydrogens is 315 g/mol. The Morgan fingerprint density at radius 2 is 1.76 bits per heavy atom. The molecular formula is C21H27FN2O. The van der Waals surface area contributed by atoms with Crippen molar-refractivity contribution in [3.8, 4) is 5.75 Å². The van der Waals surface area contributed by atoms with Crippen molar-refractivity contribution in [2.75, 3.05) is 32.7 Å². The molecule has 0 unspecified atom stereocenters. The maximum atomic E-state index is 12.9. The van der Waals surface area contributed by atoms with Crippen molar-refractivity contribution < 1.29 is 9.13 Å². The van der Waals surface area contributed by atoms with Crippen LogP contribution in [0.3, 0.4) is 0 Å². The van der Waals surface area contributed by atoms with Crippen LogP contribution in [0.1, 0.15) is 24.0 Å². The zero-order valence-electron chi connectivity index (χ0n) is 14.7. The topological polar surface area (TPSA) is 24.5 Å². The first-order valence-corrected chi connectivity index (χ1v) is 9.19. The molecule has 2 aromatic rings. The highest BCUT2D eigenvalue weighted by Gasteiger charge is 2.08. The second kappa shape index (κ2) is 9.54. The van der Waals surface area contributed by atoms with Gasteiger partial charge in [-0.25, -0.2) is 4.39 Å². The molecule has 0 aliphatic carbocycles. The molecule has 0 saturated carbocycles. The molecule has 4 heteroatoms. The molecule has 0 amide bonds. The number of hydrogen-bond acceptors (Lipinski definition) is 3. The molecule has 1 heterocycles. The number of piperazine rings is 1. The first-order valence-electron chi connectivity index (χ1n) is 9.19. The Morgan fingerprint density at radius 3 is 2.56 bits per heavy atom. The summed E-state index contributed by atoms with van der Waals surface area (Å²) in [6, 6.07) is 14.8. The summed E-state index contributed by atoms with van der Waals surface area (Å²) in [5, 5.41) is 3.39. The lowest BCUT2D eigenvalue weighted by Gasteiger charge is -2.27. The van der Waals surface area contributed by atoms with Crippen LogP contribution < -0.4 is 10.1 Å². The maximum absolute atomic E-state index is 12.9. The van der Waals surface area contributed by atoms with E-state index in [9.17, 15) is 4.39 Å². The Bertz CT molecular complexity index is 639. The highest BCUT2D eigenvalue weighted by Crippen LogP contribution is 2.17. The molecule has 0 spiro atoms. The fourth-order valence-corrected chi connectivity index (χ4v) is 3.14. The van der Waals surface area contributed by atoms with Gasteiger partial charge in [0.15, 0.2) is 0 Å². The number of ether oxygens (including phenoxy) is 1. The number of aryl methyl sites for hydroxylation is 1. The summed E-state index contributed by atoms with van der Waals surface area (Å²) in [4.78, 5) is 2.54. The summed E-state index contributed by atoms with van der Waals surface area (Å²) in [7, 11) is 0. The molecule has 2 aromatic carbocycles. The first-order chi connectivity index (χ1) is 12.3. The molecule has 25 heavy (non-hydrogen) atoms. The number of unbranched alkanes of at least 4 members (excludes halogenated alkanes) is 1. The summed E-state index contributed by atoms with van der Waals surface area (Å²) in [6.07, 6.45) is 3.52. The highest BCUT2D eigenvalue weighted by molar-refractivity contribution is 5.29. The molecule has 3 nitrogen and oxygen atoms in total. The van der Waals surface area contributed by atoms with Crippen LogP contribution in [0.2, 0.25) is 0 Å². The first kappa shape index (κ1) is 17.9. The van der Waals surface area contributed by atoms with E-state index < -0.39 is 0 Å². The number of nitrogens with zero attached hydrogens (tertiary/aromatic N) is 1. The van der Waals surface area contributed by atoms with E-state index in [0.29, 0.717) is 6.61 Å². The normalized spacial score (nSPS) is 15.2. The lowest BCUT2D eigenvalue weighted by molar-refractivity contribution is 0.237. The third kappa shape index (κ3) is 6.15. The zero-order chi connectivity index (χ0) is 17.3. The lowest BCUT2D eigenvalue weighted by atomic mass is 10.1. The second-order valence-electron chi connectivity index (χ2n) is 6.61. The van der Waals surface area contributed by atoms with Crippen molar-refractivity contribution in [2.24, 2.45) is 0 Å². The van der Waals surface area contributed by atoms with Gasteiger partial charge in [-0.1, -0.05) is 24.3 Å². The van der Waals surface area contributed by atoms with Gasteiger partial charge in [0.05, 0.1) is 0 Å². The molecule has 0 atom stereocenters. The van der Waals surface area contributed by atoms with Gasteiger partial charge in [0.2, 0.25) is 0 Å². The van der Waals surface area contributed by atoms with Crippen LogP contribution in [0.5, 0.6) is 5.75 Å². The minimum Gasteiger partial charge on any atom is -0.489 e. The molecule has 1 aliphatic rings. The Labute approximate surface area is 149 Å². The van der Waals surface area contributed by atoms with Gasteiger partial charge in [-0.2, -0.15) is 0 Å². The molecule has 0 aromatic heterocycles. The van der Waals surface area contributed by atoms with E-state index in [1.807, 2.05) is 12.1 Å². The van der Waals surface area contributed by atoms with Crippen molar-refractivity contribution in [1.29, 1.82) is 0 Å². The Hall–Kier alpha value is -1.91. The minimum absolute atomic E-state index is 0.216. The van der Waals surface area contributed by atoms with Gasteiger partial charge in [0.1, 0.15) is 18.2 Å². The van der Waals surface area contributed by atoms with Crippen LogP contribution >= 0.6 is 0 Å². The van der Waals surface area contributed by atoms with Crippen molar-refractivity contribution >= 4 is 0 Å². The van der Waals surface area contributed by atoms with Crippen LogP contribution in [0.25, 0.3) is 0 Å². The average molecular weight is 342 g/mol. The van der Waals surface area contributed by atoms with Crippen molar-refractivity contribution in [3.05, 3.63) is 65.5 Å². The number of nitrogens with one attached hydrogen (secondary N) is 1. The van der Waals surface area contributed by atoms with E-state index in [1.165, 1.54) is 50.2 Å². The maximum Gasteiger partial charge on any atom is 0.123 e. The number of benzene rings is 2. The average Bonchev–Trinajstić information content (AvgIpc) is 2.66. The molecule has 1 fully saturated rings. The molecule has 1 aliphatic heterocycles. The zero-order valence-corrected chi connectivity index (χ0v) is 14.7. The van der Waals surface area contributed by atoms with Gasteiger partial charge >= 0.3 is 0 Å². The highest BCUT2D eigenvalue weighted by atomic mass is 19.1. The van der Waals surface area contributed by atoms with Gasteiger partial charge < -0.3 is 15.0 Å². The molecule has 1 N–H and O–H groups in total. The number of rotatable bonds is 8. The van der Waals surface area contributed by atoms with Gasteiger partial charge in [-0.05, 0) is 61.2 Å². The third-order valence-corrected chi connectivity index (χ3v) is 4.62. The molecule has 1 saturated heterocycles. The second-order valence-corrected chi connectivity index (χ2v) is 6.61. The van der Waals surface area contributed by atoms with Crippen molar-refractivity contribution in [2.45, 2.75) is 25.9 Å². The van der Waals surface area contributed by atoms with E-state index in [2.05, 4.69) is 22.3 Å². The van der Waals surface area contributed by atoms with E-state index >= 15 is 0 Å². The van der Waals surface area contributed by atoms with Crippen molar-refractivity contribution in [1.82, 2.24) is 10.2 Å². The summed E-state index contributed by atoms with van der Waals surface area (Å²) >= 11 is 0. The van der Waals surface area contributed by atoms with Crippen molar-refractivity contribution in [3.63, 3.8) is 0 Å². The van der Waals surface area contributed by atoms with E-state index in [0.717, 1.165) is 30.8 Å². The Morgan fingerprint density at radius 1 is 0.960 bits per heavy atom. The van der Waals surface area contributed by atoms with Crippen LogP contribution in [0, 0.1) is 5.82 Å². The summed E-state index contributed by atoms with van der Waals surface area (Å²) in [5.74, 6) is 0.662. The molecule has 3 rings (SSSR count). The quantitative estimate of drug-likeness (QED) is 0.742. The van der Waals surface area contributed by atoms with Crippen LogP contribution in [-0.4, -0.2) is 37.6 Å². The van der Waals surface area contributed by atoms with E-state index in [4.69, 9.17) is 4.74 Å². The number of halogens is 1. The predicted molar refractivity (Wildman–Crippen MR) is 99.4 cm³/mol. The van der Waals surface area contributed by atoms with Crippen LogP contribution in [-0.2, 0) is 13.0 Å².